The minimum absolute atomic E-state index is 0.274. The first-order chi connectivity index (χ1) is 17.8. The molecule has 4 amide bonds. The molecule has 1 aliphatic carbocycles. The highest BCUT2D eigenvalue weighted by molar-refractivity contribution is 6.05. The summed E-state index contributed by atoms with van der Waals surface area (Å²) < 4.78 is 25.3. The van der Waals surface area contributed by atoms with Crippen LogP contribution in [0.3, 0.4) is 0 Å². The van der Waals surface area contributed by atoms with Crippen LogP contribution in [0.2, 0.25) is 0 Å². The summed E-state index contributed by atoms with van der Waals surface area (Å²) in [6.07, 6.45) is -2.31. The molecule has 2 atom stereocenters. The van der Waals surface area contributed by atoms with E-state index in [1.165, 1.54) is 28.4 Å². The number of hydrazine groups is 2. The lowest BCUT2D eigenvalue weighted by Crippen LogP contribution is -2.71. The molecule has 2 aromatic rings. The average molecular weight is 517 g/mol. The number of amides is 4. The largest absolute Gasteiger partial charge is 0.497 e. The van der Waals surface area contributed by atoms with Gasteiger partial charge in [-0.25, -0.2) is 34.6 Å². The SMILES string of the molecule is COC(=O)NN(C(=O)OC)[C@]12CCC[C@@H]1N(C(=O)OC)N(C(=O)OC)c1c2ccc2cc(OC)ccc12. The minimum atomic E-state index is -1.36. The van der Waals surface area contributed by atoms with Crippen LogP contribution in [0.1, 0.15) is 24.8 Å². The molecule has 0 aromatic heterocycles. The summed E-state index contributed by atoms with van der Waals surface area (Å²) in [5.74, 6) is 0.578. The van der Waals surface area contributed by atoms with Crippen LogP contribution in [0.25, 0.3) is 10.8 Å². The van der Waals surface area contributed by atoms with Gasteiger partial charge in [0.25, 0.3) is 0 Å². The topological polar surface area (TPSA) is 136 Å². The maximum atomic E-state index is 13.3. The second-order valence-electron chi connectivity index (χ2n) is 8.39. The number of carbonyl (C=O) groups excluding carboxylic acids is 4. The lowest BCUT2D eigenvalue weighted by atomic mass is 9.79. The molecule has 2 aromatic carbocycles. The Labute approximate surface area is 212 Å². The fourth-order valence-electron chi connectivity index (χ4n) is 5.34. The molecule has 1 heterocycles. The number of ether oxygens (including phenoxy) is 5. The van der Waals surface area contributed by atoms with Crippen LogP contribution >= 0.6 is 0 Å². The van der Waals surface area contributed by atoms with Crippen molar-refractivity contribution in [2.45, 2.75) is 30.8 Å². The summed E-state index contributed by atoms with van der Waals surface area (Å²) in [7, 11) is 6.24. The van der Waals surface area contributed by atoms with Gasteiger partial charge in [-0.05, 0) is 42.8 Å². The molecule has 1 fully saturated rings. The molecule has 4 rings (SSSR count). The Morgan fingerprint density at radius 3 is 2.30 bits per heavy atom. The zero-order chi connectivity index (χ0) is 26.9. The van der Waals surface area contributed by atoms with Crippen LogP contribution in [0.15, 0.2) is 30.3 Å². The Balaban J connectivity index is 2.12. The summed E-state index contributed by atoms with van der Waals surface area (Å²) in [5, 5.41) is 4.51. The molecule has 198 valence electrons. The second-order valence-corrected chi connectivity index (χ2v) is 8.39. The molecule has 1 N–H and O–H groups in total. The minimum Gasteiger partial charge on any atom is -0.497 e. The highest BCUT2D eigenvalue weighted by Crippen LogP contribution is 2.55. The third-order valence-electron chi connectivity index (χ3n) is 6.83. The highest BCUT2D eigenvalue weighted by atomic mass is 16.6. The van der Waals surface area contributed by atoms with Crippen LogP contribution in [0, 0.1) is 0 Å². The van der Waals surface area contributed by atoms with E-state index in [0.29, 0.717) is 41.3 Å². The van der Waals surface area contributed by atoms with Crippen molar-refractivity contribution in [3.8, 4) is 5.75 Å². The molecular formula is C24H28N4O9. The van der Waals surface area contributed by atoms with Crippen molar-refractivity contribution in [1.29, 1.82) is 0 Å². The smallest absolute Gasteiger partial charge is 0.433 e. The van der Waals surface area contributed by atoms with Crippen LogP contribution in [-0.2, 0) is 24.5 Å². The lowest BCUT2D eigenvalue weighted by molar-refractivity contribution is -0.0244. The van der Waals surface area contributed by atoms with Gasteiger partial charge in [0.2, 0.25) is 0 Å². The quantitative estimate of drug-likeness (QED) is 0.470. The first-order valence-electron chi connectivity index (χ1n) is 11.4. The number of hydrogen-bond acceptors (Lipinski definition) is 9. The molecule has 0 unspecified atom stereocenters. The molecule has 37 heavy (non-hydrogen) atoms. The van der Waals surface area contributed by atoms with Crippen molar-refractivity contribution < 1.29 is 42.9 Å². The monoisotopic (exact) mass is 516 g/mol. The van der Waals surface area contributed by atoms with Crippen LogP contribution in [0.5, 0.6) is 5.75 Å². The number of nitrogens with zero attached hydrogens (tertiary/aromatic N) is 3. The van der Waals surface area contributed by atoms with Crippen LogP contribution < -0.4 is 15.2 Å². The van der Waals surface area contributed by atoms with E-state index in [0.717, 1.165) is 22.1 Å². The van der Waals surface area contributed by atoms with Crippen molar-refractivity contribution in [2.24, 2.45) is 0 Å². The summed E-state index contributed by atoms with van der Waals surface area (Å²) in [5.41, 5.74) is 1.86. The molecule has 0 saturated heterocycles. The van der Waals surface area contributed by atoms with E-state index in [-0.39, 0.29) is 5.69 Å². The number of carbonyl (C=O) groups is 4. The predicted molar refractivity (Wildman–Crippen MR) is 129 cm³/mol. The number of methoxy groups -OCH3 is 5. The summed E-state index contributed by atoms with van der Waals surface area (Å²) in [6.45, 7) is 0. The van der Waals surface area contributed by atoms with Gasteiger partial charge in [-0.3, -0.25) is 0 Å². The zero-order valence-electron chi connectivity index (χ0n) is 21.1. The van der Waals surface area contributed by atoms with Gasteiger partial charge in [-0.15, -0.1) is 0 Å². The molecule has 0 spiro atoms. The van der Waals surface area contributed by atoms with Gasteiger partial charge in [-0.2, -0.15) is 5.01 Å². The summed E-state index contributed by atoms with van der Waals surface area (Å²) in [4.78, 5) is 52.0. The first kappa shape index (κ1) is 25.7. The van der Waals surface area contributed by atoms with Crippen LogP contribution in [-0.4, -0.2) is 76.0 Å². The van der Waals surface area contributed by atoms with E-state index >= 15 is 0 Å². The summed E-state index contributed by atoms with van der Waals surface area (Å²) >= 11 is 0. The third kappa shape index (κ3) is 3.86. The van der Waals surface area contributed by atoms with Crippen molar-refractivity contribution in [3.05, 3.63) is 35.9 Å². The second kappa shape index (κ2) is 9.91. The van der Waals surface area contributed by atoms with Gasteiger partial charge in [0.15, 0.2) is 0 Å². The maximum Gasteiger partial charge on any atom is 0.433 e. The Hall–Kier alpha value is -4.42. The molecule has 2 aliphatic rings. The summed E-state index contributed by atoms with van der Waals surface area (Å²) in [6, 6.07) is 7.92. The Kier molecular flexibility index (Phi) is 6.88. The number of fused-ring (bicyclic) bond motifs is 5. The van der Waals surface area contributed by atoms with Gasteiger partial charge in [-0.1, -0.05) is 12.1 Å². The Bertz CT molecular complexity index is 1250. The van der Waals surface area contributed by atoms with E-state index < -0.39 is 36.0 Å². The van der Waals surface area contributed by atoms with Crippen molar-refractivity contribution >= 4 is 40.8 Å². The van der Waals surface area contributed by atoms with E-state index in [9.17, 15) is 19.2 Å². The van der Waals surface area contributed by atoms with E-state index in [4.69, 9.17) is 23.7 Å². The molecule has 1 saturated carbocycles. The van der Waals surface area contributed by atoms with Crippen molar-refractivity contribution in [1.82, 2.24) is 15.4 Å². The molecule has 13 heteroatoms. The van der Waals surface area contributed by atoms with Crippen LogP contribution in [0.4, 0.5) is 24.9 Å². The standard InChI is InChI=1S/C24H28N4O9/c1-33-15-9-10-16-14(13-15)8-11-17-19(16)27(22(31)36-4)26(21(30)35-3)18-7-6-12-24(17,18)28(23(32)37-5)25-20(29)34-2/h8-11,13,18H,6-7,12H2,1-5H3,(H,25,29)/t18-,24-/m0/s1. The average Bonchev–Trinajstić information content (AvgIpc) is 3.38. The van der Waals surface area contributed by atoms with Gasteiger partial charge >= 0.3 is 24.4 Å². The molecule has 0 radical (unpaired) electrons. The zero-order valence-corrected chi connectivity index (χ0v) is 21.1. The van der Waals surface area contributed by atoms with Gasteiger partial charge in [0.05, 0.1) is 47.3 Å². The van der Waals surface area contributed by atoms with Gasteiger partial charge < -0.3 is 23.7 Å². The number of hydrogen-bond donors (Lipinski definition) is 1. The third-order valence-corrected chi connectivity index (χ3v) is 6.83. The molecule has 1 aliphatic heterocycles. The molecular weight excluding hydrogens is 488 g/mol. The first-order valence-corrected chi connectivity index (χ1v) is 11.4. The Morgan fingerprint density at radius 2 is 1.68 bits per heavy atom. The van der Waals surface area contributed by atoms with Gasteiger partial charge in [0.1, 0.15) is 11.3 Å². The fraction of sp³-hybridized carbons (Fsp3) is 0.417. The van der Waals surface area contributed by atoms with E-state index in [1.54, 1.807) is 24.3 Å². The predicted octanol–water partition coefficient (Wildman–Crippen LogP) is 3.51. The number of nitrogens with one attached hydrogen (secondary N) is 1. The number of rotatable bonds is 2. The normalized spacial score (nSPS) is 19.9. The van der Waals surface area contributed by atoms with Crippen molar-refractivity contribution in [2.75, 3.05) is 40.6 Å². The number of benzene rings is 2. The highest BCUT2D eigenvalue weighted by Gasteiger charge is 2.62. The lowest BCUT2D eigenvalue weighted by Gasteiger charge is -2.53. The van der Waals surface area contributed by atoms with Crippen molar-refractivity contribution in [3.63, 3.8) is 0 Å². The van der Waals surface area contributed by atoms with E-state index in [2.05, 4.69) is 5.43 Å². The van der Waals surface area contributed by atoms with Gasteiger partial charge in [0, 0.05) is 10.9 Å². The van der Waals surface area contributed by atoms with E-state index in [1.807, 2.05) is 6.07 Å². The number of anilines is 1. The molecule has 13 nitrogen and oxygen atoms in total. The fourth-order valence-corrected chi connectivity index (χ4v) is 5.34. The maximum absolute atomic E-state index is 13.3. The Morgan fingerprint density at radius 1 is 0.946 bits per heavy atom. The molecule has 0 bridgehead atoms.